The van der Waals surface area contributed by atoms with Crippen LogP contribution in [0.5, 0.6) is 17.2 Å². The Kier molecular flexibility index (Phi) is 10.9. The van der Waals surface area contributed by atoms with Crippen molar-refractivity contribution in [2.45, 2.75) is 27.1 Å². The van der Waals surface area contributed by atoms with E-state index in [2.05, 4.69) is 19.7 Å². The summed E-state index contributed by atoms with van der Waals surface area (Å²) in [6.07, 6.45) is -1.07. The molecule has 1 unspecified atom stereocenters. The van der Waals surface area contributed by atoms with Crippen molar-refractivity contribution in [2.24, 2.45) is 0 Å². The van der Waals surface area contributed by atoms with Crippen LogP contribution in [0.15, 0.2) is 78.9 Å². The van der Waals surface area contributed by atoms with E-state index in [9.17, 15) is 14.7 Å². The first-order valence-electron chi connectivity index (χ1n) is 11.2. The van der Waals surface area contributed by atoms with Gasteiger partial charge < -0.3 is 28.8 Å². The average molecular weight is 497 g/mol. The molecular weight excluding hydrogens is 464 g/mol. The molecule has 8 heteroatoms. The predicted molar refractivity (Wildman–Crippen MR) is 136 cm³/mol. The summed E-state index contributed by atoms with van der Waals surface area (Å²) < 4.78 is 27.2. The van der Waals surface area contributed by atoms with Crippen LogP contribution in [0.3, 0.4) is 0 Å². The minimum absolute atomic E-state index is 0.0468. The smallest absolute Gasteiger partial charge is 0.338 e. The Morgan fingerprint density at radius 3 is 1.97 bits per heavy atom. The largest absolute Gasteiger partial charge is 0.487 e. The Balaban J connectivity index is 2.13. The molecule has 0 aliphatic heterocycles. The van der Waals surface area contributed by atoms with Gasteiger partial charge in [0.15, 0.2) is 17.8 Å². The van der Waals surface area contributed by atoms with Gasteiger partial charge in [0.1, 0.15) is 25.6 Å². The van der Waals surface area contributed by atoms with Crippen LogP contribution in [-0.2, 0) is 19.1 Å². The molecule has 2 aromatic rings. The number of aliphatic hydroxyl groups is 1. The van der Waals surface area contributed by atoms with E-state index in [1.54, 1.807) is 45.0 Å². The van der Waals surface area contributed by atoms with E-state index in [1.807, 2.05) is 18.2 Å². The number of esters is 2. The predicted octanol–water partition coefficient (Wildman–Crippen LogP) is 4.62. The minimum Gasteiger partial charge on any atom is -0.487 e. The molecule has 8 nitrogen and oxygen atoms in total. The van der Waals surface area contributed by atoms with Gasteiger partial charge in [-0.25, -0.2) is 9.59 Å². The molecule has 0 amide bonds. The Morgan fingerprint density at radius 2 is 1.36 bits per heavy atom. The molecule has 0 spiro atoms. The number of carbonyl (C=O) groups excluding carboxylic acids is 2. The second kappa shape index (κ2) is 13.9. The van der Waals surface area contributed by atoms with Crippen LogP contribution in [0.1, 0.15) is 20.8 Å². The van der Waals surface area contributed by atoms with Crippen molar-refractivity contribution >= 4 is 11.9 Å². The van der Waals surface area contributed by atoms with Crippen molar-refractivity contribution in [3.63, 3.8) is 0 Å². The summed E-state index contributed by atoms with van der Waals surface area (Å²) in [5.74, 6) is 0.298. The fourth-order valence-electron chi connectivity index (χ4n) is 2.69. The molecule has 36 heavy (non-hydrogen) atoms. The van der Waals surface area contributed by atoms with Gasteiger partial charge in [0.25, 0.3) is 0 Å². The number of carbonyl (C=O) groups is 2. The Morgan fingerprint density at radius 1 is 0.778 bits per heavy atom. The van der Waals surface area contributed by atoms with E-state index in [0.29, 0.717) is 34.0 Å². The van der Waals surface area contributed by atoms with E-state index < -0.39 is 18.2 Å². The molecule has 0 heterocycles. The zero-order valence-corrected chi connectivity index (χ0v) is 20.9. The van der Waals surface area contributed by atoms with Crippen LogP contribution in [0.25, 0.3) is 11.1 Å². The summed E-state index contributed by atoms with van der Waals surface area (Å²) in [6, 6.07) is 12.4. The first kappa shape index (κ1) is 28.4. The molecule has 0 radical (unpaired) electrons. The van der Waals surface area contributed by atoms with Gasteiger partial charge in [0, 0.05) is 11.1 Å². The maximum Gasteiger partial charge on any atom is 0.338 e. The van der Waals surface area contributed by atoms with Gasteiger partial charge >= 0.3 is 11.9 Å². The Bertz CT molecular complexity index is 1100. The van der Waals surface area contributed by atoms with Crippen molar-refractivity contribution in [1.29, 1.82) is 0 Å². The van der Waals surface area contributed by atoms with E-state index in [4.69, 9.17) is 23.7 Å². The molecule has 0 aromatic heterocycles. The molecule has 0 saturated carbocycles. The quantitative estimate of drug-likeness (QED) is 0.101. The fraction of sp³-hybridized carbons (Fsp3) is 0.286. The normalized spacial score (nSPS) is 11.2. The second-order valence-corrected chi connectivity index (χ2v) is 8.04. The molecule has 0 fully saturated rings. The van der Waals surface area contributed by atoms with Crippen LogP contribution < -0.4 is 14.2 Å². The van der Waals surface area contributed by atoms with Gasteiger partial charge in [-0.2, -0.15) is 0 Å². The van der Waals surface area contributed by atoms with Crippen molar-refractivity contribution in [2.75, 3.05) is 26.4 Å². The Hall–Kier alpha value is -3.88. The highest BCUT2D eigenvalue weighted by molar-refractivity contribution is 5.89. The van der Waals surface area contributed by atoms with E-state index in [0.717, 1.165) is 11.1 Å². The topological polar surface area (TPSA) is 101 Å². The van der Waals surface area contributed by atoms with Crippen LogP contribution in [0.2, 0.25) is 0 Å². The third-order valence-electron chi connectivity index (χ3n) is 4.65. The highest BCUT2D eigenvalue weighted by atomic mass is 16.6. The third kappa shape index (κ3) is 9.05. The van der Waals surface area contributed by atoms with Crippen LogP contribution in [0, 0.1) is 0 Å². The molecule has 0 saturated heterocycles. The Labute approximate surface area is 211 Å². The van der Waals surface area contributed by atoms with E-state index in [-0.39, 0.29) is 26.4 Å². The molecule has 2 rings (SSSR count). The molecule has 0 aliphatic rings. The SMILES string of the molecule is C=C(C)C(=O)OCCOc1ccc(-c2ccc(OC(=O)C(=C)C)cc2)cc1OCCOC(O)C(=C)C. The zero-order valence-electron chi connectivity index (χ0n) is 20.9. The molecular formula is C28H32O8. The molecule has 0 bridgehead atoms. The maximum atomic E-state index is 11.7. The second-order valence-electron chi connectivity index (χ2n) is 8.04. The monoisotopic (exact) mass is 496 g/mol. The summed E-state index contributed by atoms with van der Waals surface area (Å²) in [5, 5.41) is 9.72. The number of ether oxygens (including phenoxy) is 5. The molecule has 1 atom stereocenters. The lowest BCUT2D eigenvalue weighted by Crippen LogP contribution is -2.17. The molecule has 0 aliphatic carbocycles. The third-order valence-corrected chi connectivity index (χ3v) is 4.65. The summed E-state index contributed by atoms with van der Waals surface area (Å²) in [5.41, 5.74) is 2.78. The van der Waals surface area contributed by atoms with Crippen LogP contribution >= 0.6 is 0 Å². The van der Waals surface area contributed by atoms with E-state index >= 15 is 0 Å². The fourth-order valence-corrected chi connectivity index (χ4v) is 2.69. The minimum atomic E-state index is -1.07. The van der Waals surface area contributed by atoms with Gasteiger partial charge in [-0.15, -0.1) is 0 Å². The molecule has 2 aromatic carbocycles. The first-order valence-corrected chi connectivity index (χ1v) is 11.2. The van der Waals surface area contributed by atoms with Crippen molar-refractivity contribution in [1.82, 2.24) is 0 Å². The van der Waals surface area contributed by atoms with Crippen molar-refractivity contribution < 1.29 is 38.4 Å². The maximum absolute atomic E-state index is 11.7. The lowest BCUT2D eigenvalue weighted by molar-refractivity contribution is -0.139. The molecule has 192 valence electrons. The molecule has 1 N–H and O–H groups in total. The zero-order chi connectivity index (χ0) is 26.7. The van der Waals surface area contributed by atoms with Gasteiger partial charge in [0.05, 0.1) is 6.61 Å². The van der Waals surface area contributed by atoms with Gasteiger partial charge in [0.2, 0.25) is 0 Å². The average Bonchev–Trinajstić information content (AvgIpc) is 2.84. The van der Waals surface area contributed by atoms with Gasteiger partial charge in [-0.1, -0.05) is 37.9 Å². The number of hydrogen-bond donors (Lipinski definition) is 1. The van der Waals surface area contributed by atoms with Gasteiger partial charge in [-0.3, -0.25) is 0 Å². The highest BCUT2D eigenvalue weighted by Gasteiger charge is 2.12. The van der Waals surface area contributed by atoms with Crippen LogP contribution in [0.4, 0.5) is 0 Å². The first-order chi connectivity index (χ1) is 17.1. The summed E-state index contributed by atoms with van der Waals surface area (Å²) >= 11 is 0. The van der Waals surface area contributed by atoms with Gasteiger partial charge in [-0.05, 0) is 61.7 Å². The number of aliphatic hydroxyl groups excluding tert-OH is 1. The number of hydrogen-bond acceptors (Lipinski definition) is 8. The highest BCUT2D eigenvalue weighted by Crippen LogP contribution is 2.33. The number of rotatable bonds is 14. The lowest BCUT2D eigenvalue weighted by atomic mass is 10.0. The standard InChI is InChI=1S/C28H32O8/c1-18(2)26(29)34-15-13-32-24-12-9-22(17-25(24)33-14-16-35-27(30)19(3)4)21-7-10-23(11-8-21)36-28(31)20(5)6/h7-12,17,27,30H,1,3,5,13-16H2,2,4,6H3. The van der Waals surface area contributed by atoms with Crippen molar-refractivity contribution in [3.05, 3.63) is 78.9 Å². The number of benzene rings is 2. The summed E-state index contributed by atoms with van der Waals surface area (Å²) in [6.45, 7) is 16.0. The van der Waals surface area contributed by atoms with E-state index in [1.165, 1.54) is 0 Å². The summed E-state index contributed by atoms with van der Waals surface area (Å²) in [4.78, 5) is 23.3. The lowest BCUT2D eigenvalue weighted by Gasteiger charge is -2.16. The van der Waals surface area contributed by atoms with Crippen molar-refractivity contribution in [3.8, 4) is 28.4 Å². The van der Waals surface area contributed by atoms with Crippen LogP contribution in [-0.4, -0.2) is 49.8 Å². The summed E-state index contributed by atoms with van der Waals surface area (Å²) in [7, 11) is 0.